The van der Waals surface area contributed by atoms with Crippen LogP contribution in [0.3, 0.4) is 0 Å². The quantitative estimate of drug-likeness (QED) is 0.266. The van der Waals surface area contributed by atoms with Gasteiger partial charge in [-0.3, -0.25) is 4.79 Å². The molecule has 2 unspecified atom stereocenters. The third kappa shape index (κ3) is 8.36. The Balaban J connectivity index is 1.56. The van der Waals surface area contributed by atoms with Crippen molar-refractivity contribution in [1.29, 1.82) is 0 Å². The van der Waals surface area contributed by atoms with Gasteiger partial charge in [0, 0.05) is 0 Å². The van der Waals surface area contributed by atoms with Gasteiger partial charge in [0.15, 0.2) is 5.78 Å². The van der Waals surface area contributed by atoms with Crippen molar-refractivity contribution in [1.82, 2.24) is 0 Å². The van der Waals surface area contributed by atoms with Crippen LogP contribution in [0.2, 0.25) is 0 Å². The minimum atomic E-state index is -0.743. The van der Waals surface area contributed by atoms with Crippen LogP contribution in [0.5, 0.6) is 0 Å². The summed E-state index contributed by atoms with van der Waals surface area (Å²) in [5.41, 5.74) is 3.08. The second kappa shape index (κ2) is 13.6. The van der Waals surface area contributed by atoms with E-state index in [9.17, 15) is 4.79 Å². The Bertz CT molecular complexity index is 899. The van der Waals surface area contributed by atoms with Gasteiger partial charge in [-0.15, -0.1) is 0 Å². The van der Waals surface area contributed by atoms with Gasteiger partial charge in [-0.2, -0.15) is 0 Å². The van der Waals surface area contributed by atoms with E-state index in [1.165, 1.54) is 6.92 Å². The molecule has 5 nitrogen and oxygen atoms in total. The number of benzene rings is 3. The number of ether oxygens (including phenoxy) is 4. The van der Waals surface area contributed by atoms with Gasteiger partial charge in [-0.05, 0) is 23.6 Å². The van der Waals surface area contributed by atoms with Gasteiger partial charge in [-0.25, -0.2) is 0 Å². The first-order valence-electron chi connectivity index (χ1n) is 10.7. The molecule has 32 heavy (non-hydrogen) atoms. The summed E-state index contributed by atoms with van der Waals surface area (Å²) in [5, 5.41) is 0. The number of hydrogen-bond donors (Lipinski definition) is 0. The van der Waals surface area contributed by atoms with Gasteiger partial charge in [0.05, 0.1) is 26.4 Å². The lowest BCUT2D eigenvalue weighted by atomic mass is 10.1. The van der Waals surface area contributed by atoms with Crippen molar-refractivity contribution < 1.29 is 23.7 Å². The smallest absolute Gasteiger partial charge is 0.161 e. The summed E-state index contributed by atoms with van der Waals surface area (Å²) in [6, 6.07) is 29.5. The Kier molecular flexibility index (Phi) is 10.1. The summed E-state index contributed by atoms with van der Waals surface area (Å²) < 4.78 is 23.4. The molecular formula is C27H30O5. The molecule has 0 bridgehead atoms. The first-order chi connectivity index (χ1) is 15.7. The number of carbonyl (C=O) groups is 1. The van der Waals surface area contributed by atoms with Crippen molar-refractivity contribution in [2.75, 3.05) is 13.4 Å². The van der Waals surface area contributed by atoms with Crippen LogP contribution >= 0.6 is 0 Å². The van der Waals surface area contributed by atoms with Crippen molar-refractivity contribution in [3.63, 3.8) is 0 Å². The van der Waals surface area contributed by atoms with Crippen molar-refractivity contribution in [2.24, 2.45) is 0 Å². The monoisotopic (exact) mass is 434 g/mol. The Hall–Kier alpha value is -2.83. The molecule has 0 radical (unpaired) electrons. The van der Waals surface area contributed by atoms with E-state index in [0.29, 0.717) is 19.8 Å². The third-order valence-electron chi connectivity index (χ3n) is 4.88. The fraction of sp³-hybridized carbons (Fsp3) is 0.296. The number of hydrogen-bond acceptors (Lipinski definition) is 5. The SMILES string of the molecule is CC(=O)C(OCc1ccccc1)C(COCOCc1ccccc1)OCc1ccccc1. The molecule has 3 aromatic carbocycles. The van der Waals surface area contributed by atoms with E-state index in [1.807, 2.05) is 91.0 Å². The number of rotatable bonds is 14. The van der Waals surface area contributed by atoms with Crippen LogP contribution in [-0.2, 0) is 43.6 Å². The predicted molar refractivity (Wildman–Crippen MR) is 123 cm³/mol. The molecule has 0 aliphatic heterocycles. The average molecular weight is 435 g/mol. The second-order valence-electron chi connectivity index (χ2n) is 7.49. The van der Waals surface area contributed by atoms with Crippen LogP contribution in [0.15, 0.2) is 91.0 Å². The standard InChI is InChI=1S/C27H30O5/c1-22(28)27(32-19-25-15-9-4-10-16-25)26(31-18-24-13-7-3-8-14-24)20-30-21-29-17-23-11-5-2-6-12-23/h2-16,26-27H,17-21H2,1H3. The van der Waals surface area contributed by atoms with Gasteiger partial charge >= 0.3 is 0 Å². The molecule has 0 heterocycles. The van der Waals surface area contributed by atoms with E-state index in [2.05, 4.69) is 0 Å². The van der Waals surface area contributed by atoms with E-state index in [-0.39, 0.29) is 19.2 Å². The van der Waals surface area contributed by atoms with E-state index in [4.69, 9.17) is 18.9 Å². The zero-order valence-corrected chi connectivity index (χ0v) is 18.4. The van der Waals surface area contributed by atoms with Gasteiger partial charge in [0.2, 0.25) is 0 Å². The zero-order chi connectivity index (χ0) is 22.4. The van der Waals surface area contributed by atoms with E-state index < -0.39 is 12.2 Å². The molecular weight excluding hydrogens is 404 g/mol. The maximum Gasteiger partial charge on any atom is 0.161 e. The zero-order valence-electron chi connectivity index (χ0n) is 18.4. The Labute approximate surface area is 189 Å². The molecule has 0 aliphatic rings. The van der Waals surface area contributed by atoms with Gasteiger partial charge in [-0.1, -0.05) is 91.0 Å². The summed E-state index contributed by atoms with van der Waals surface area (Å²) in [6.45, 7) is 2.93. The van der Waals surface area contributed by atoms with Crippen molar-refractivity contribution >= 4 is 5.78 Å². The molecule has 0 fully saturated rings. The Morgan fingerprint density at radius 3 is 1.62 bits per heavy atom. The number of Topliss-reactive ketones (excluding diaryl/α,β-unsaturated/α-hetero) is 1. The summed E-state index contributed by atoms with van der Waals surface area (Å²) in [5.74, 6) is -0.104. The van der Waals surface area contributed by atoms with Crippen LogP contribution in [0.4, 0.5) is 0 Å². The minimum absolute atomic E-state index is 0.101. The molecule has 168 valence electrons. The van der Waals surface area contributed by atoms with E-state index in [0.717, 1.165) is 16.7 Å². The molecule has 0 saturated carbocycles. The van der Waals surface area contributed by atoms with Crippen molar-refractivity contribution in [2.45, 2.75) is 39.0 Å². The second-order valence-corrected chi connectivity index (χ2v) is 7.49. The normalized spacial score (nSPS) is 12.9. The molecule has 0 aromatic heterocycles. The first kappa shape index (κ1) is 23.8. The predicted octanol–water partition coefficient (Wildman–Crippen LogP) is 4.94. The summed E-state index contributed by atoms with van der Waals surface area (Å²) in [4.78, 5) is 12.4. The van der Waals surface area contributed by atoms with Crippen LogP contribution in [-0.4, -0.2) is 31.4 Å². The van der Waals surface area contributed by atoms with Gasteiger partial charge in [0.25, 0.3) is 0 Å². The van der Waals surface area contributed by atoms with Crippen LogP contribution in [0.25, 0.3) is 0 Å². The van der Waals surface area contributed by atoms with Crippen molar-refractivity contribution in [3.8, 4) is 0 Å². The van der Waals surface area contributed by atoms with E-state index >= 15 is 0 Å². The lowest BCUT2D eigenvalue weighted by Crippen LogP contribution is -2.40. The molecule has 0 N–H and O–H groups in total. The lowest BCUT2D eigenvalue weighted by Gasteiger charge is -2.26. The maximum absolute atomic E-state index is 12.4. The number of ketones is 1. The number of carbonyl (C=O) groups excluding carboxylic acids is 1. The van der Waals surface area contributed by atoms with Crippen LogP contribution in [0, 0.1) is 0 Å². The minimum Gasteiger partial charge on any atom is -0.368 e. The molecule has 0 saturated heterocycles. The fourth-order valence-corrected chi connectivity index (χ4v) is 3.20. The molecule has 3 rings (SSSR count). The topological polar surface area (TPSA) is 54.0 Å². The maximum atomic E-state index is 12.4. The first-order valence-corrected chi connectivity index (χ1v) is 10.7. The molecule has 0 amide bonds. The molecule has 3 aromatic rings. The Morgan fingerprint density at radius 1 is 0.656 bits per heavy atom. The highest BCUT2D eigenvalue weighted by molar-refractivity contribution is 5.81. The molecule has 0 spiro atoms. The highest BCUT2D eigenvalue weighted by Crippen LogP contribution is 2.14. The lowest BCUT2D eigenvalue weighted by molar-refractivity contribution is -0.159. The summed E-state index contributed by atoms with van der Waals surface area (Å²) in [7, 11) is 0. The molecule has 5 heteroatoms. The Morgan fingerprint density at radius 2 is 1.12 bits per heavy atom. The van der Waals surface area contributed by atoms with Gasteiger partial charge in [0.1, 0.15) is 19.0 Å². The highest BCUT2D eigenvalue weighted by Gasteiger charge is 2.28. The van der Waals surface area contributed by atoms with Crippen LogP contribution in [0.1, 0.15) is 23.6 Å². The molecule has 2 atom stereocenters. The summed E-state index contributed by atoms with van der Waals surface area (Å²) >= 11 is 0. The van der Waals surface area contributed by atoms with Crippen LogP contribution < -0.4 is 0 Å². The highest BCUT2D eigenvalue weighted by atomic mass is 16.7. The van der Waals surface area contributed by atoms with E-state index in [1.54, 1.807) is 0 Å². The van der Waals surface area contributed by atoms with Crippen molar-refractivity contribution in [3.05, 3.63) is 108 Å². The average Bonchev–Trinajstić information content (AvgIpc) is 2.83. The van der Waals surface area contributed by atoms with Gasteiger partial charge < -0.3 is 18.9 Å². The fourth-order valence-electron chi connectivity index (χ4n) is 3.20. The molecule has 0 aliphatic carbocycles. The largest absolute Gasteiger partial charge is 0.368 e. The third-order valence-corrected chi connectivity index (χ3v) is 4.88. The summed E-state index contributed by atoms with van der Waals surface area (Å²) in [6.07, 6.45) is -1.30.